The van der Waals surface area contributed by atoms with E-state index in [1.54, 1.807) is 30.3 Å². The van der Waals surface area contributed by atoms with Gasteiger partial charge in [-0.2, -0.15) is 5.10 Å². The lowest BCUT2D eigenvalue weighted by Crippen LogP contribution is -2.07. The third-order valence-electron chi connectivity index (χ3n) is 4.66. The molecule has 1 aromatic heterocycles. The molecule has 26 heavy (non-hydrogen) atoms. The number of aromatic nitrogens is 2. The van der Waals surface area contributed by atoms with Crippen LogP contribution in [0.4, 0.5) is 10.2 Å². The molecule has 0 amide bonds. The zero-order valence-corrected chi connectivity index (χ0v) is 15.6. The van der Waals surface area contributed by atoms with Crippen LogP contribution in [0.15, 0.2) is 42.5 Å². The van der Waals surface area contributed by atoms with Crippen LogP contribution in [0.2, 0.25) is 10.0 Å². The van der Waals surface area contributed by atoms with Gasteiger partial charge < -0.3 is 5.32 Å². The van der Waals surface area contributed by atoms with Crippen molar-refractivity contribution in [1.82, 2.24) is 9.78 Å². The van der Waals surface area contributed by atoms with Crippen molar-refractivity contribution < 1.29 is 4.39 Å². The van der Waals surface area contributed by atoms with Crippen molar-refractivity contribution in [2.45, 2.75) is 25.7 Å². The summed E-state index contributed by atoms with van der Waals surface area (Å²) in [7, 11) is 0. The quantitative estimate of drug-likeness (QED) is 0.626. The lowest BCUT2D eigenvalue weighted by atomic mass is 10.0. The molecule has 0 saturated heterocycles. The maximum Gasteiger partial charge on any atom is 0.133 e. The Bertz CT molecular complexity index is 952. The fourth-order valence-corrected chi connectivity index (χ4v) is 3.72. The third-order valence-corrected chi connectivity index (χ3v) is 5.22. The van der Waals surface area contributed by atoms with Gasteiger partial charge in [-0.25, -0.2) is 9.07 Å². The van der Waals surface area contributed by atoms with Gasteiger partial charge in [-0.1, -0.05) is 41.4 Å². The van der Waals surface area contributed by atoms with Crippen molar-refractivity contribution in [1.29, 1.82) is 0 Å². The lowest BCUT2D eigenvalue weighted by Gasteiger charge is -2.11. The van der Waals surface area contributed by atoms with E-state index in [9.17, 15) is 4.39 Å². The second kappa shape index (κ2) is 7.29. The van der Waals surface area contributed by atoms with Crippen molar-refractivity contribution in [3.05, 3.63) is 75.1 Å². The maximum atomic E-state index is 14.1. The van der Waals surface area contributed by atoms with Crippen molar-refractivity contribution in [2.24, 2.45) is 0 Å². The van der Waals surface area contributed by atoms with Gasteiger partial charge in [-0.3, -0.25) is 0 Å². The summed E-state index contributed by atoms with van der Waals surface area (Å²) in [5, 5.41) is 9.42. The minimum atomic E-state index is -0.210. The van der Waals surface area contributed by atoms with E-state index in [0.717, 1.165) is 48.6 Å². The van der Waals surface area contributed by atoms with Crippen molar-refractivity contribution in [3.8, 4) is 5.69 Å². The van der Waals surface area contributed by atoms with Crippen molar-refractivity contribution >= 4 is 29.0 Å². The van der Waals surface area contributed by atoms with Crippen LogP contribution in [0.1, 0.15) is 29.7 Å². The molecule has 0 saturated carbocycles. The summed E-state index contributed by atoms with van der Waals surface area (Å²) in [6, 6.07) is 12.2. The van der Waals surface area contributed by atoms with E-state index < -0.39 is 0 Å². The Kier molecular flexibility index (Phi) is 4.88. The highest BCUT2D eigenvalue weighted by Crippen LogP contribution is 2.33. The monoisotopic (exact) mass is 389 g/mol. The molecular formula is C20H18Cl2FN3. The van der Waals surface area contributed by atoms with Gasteiger partial charge in [0.05, 0.1) is 16.4 Å². The molecule has 0 atom stereocenters. The Labute approximate surface area is 161 Å². The number of benzene rings is 2. The van der Waals surface area contributed by atoms with Crippen LogP contribution in [0, 0.1) is 5.82 Å². The van der Waals surface area contributed by atoms with Gasteiger partial charge in [0.25, 0.3) is 0 Å². The SMILES string of the molecule is Fc1ccccc1Cc1nn(-c2cc(Cl)ccc2Cl)c2c1CCCCN2. The molecular weight excluding hydrogens is 372 g/mol. The molecule has 0 bridgehead atoms. The third kappa shape index (κ3) is 3.31. The number of halogens is 3. The highest BCUT2D eigenvalue weighted by molar-refractivity contribution is 6.34. The maximum absolute atomic E-state index is 14.1. The van der Waals surface area contributed by atoms with Crippen molar-refractivity contribution in [3.63, 3.8) is 0 Å². The second-order valence-electron chi connectivity index (χ2n) is 6.43. The minimum absolute atomic E-state index is 0.210. The number of hydrogen-bond acceptors (Lipinski definition) is 2. The van der Waals surface area contributed by atoms with Gasteiger partial charge in [0.1, 0.15) is 11.6 Å². The molecule has 0 spiro atoms. The summed E-state index contributed by atoms with van der Waals surface area (Å²) >= 11 is 12.6. The molecule has 0 unspecified atom stereocenters. The lowest BCUT2D eigenvalue weighted by molar-refractivity contribution is 0.612. The Morgan fingerprint density at radius 1 is 1.12 bits per heavy atom. The summed E-state index contributed by atoms with van der Waals surface area (Å²) in [4.78, 5) is 0. The van der Waals surface area contributed by atoms with E-state index in [4.69, 9.17) is 28.3 Å². The molecule has 0 radical (unpaired) electrons. The first-order valence-corrected chi connectivity index (χ1v) is 9.42. The molecule has 134 valence electrons. The number of anilines is 1. The average molecular weight is 390 g/mol. The molecule has 6 heteroatoms. The Morgan fingerprint density at radius 3 is 2.81 bits per heavy atom. The van der Waals surface area contributed by atoms with Crippen LogP contribution in [-0.4, -0.2) is 16.3 Å². The van der Waals surface area contributed by atoms with E-state index in [1.165, 1.54) is 6.07 Å². The van der Waals surface area contributed by atoms with Crippen LogP contribution < -0.4 is 5.32 Å². The summed E-state index contributed by atoms with van der Waals surface area (Å²) in [5.41, 5.74) is 3.36. The summed E-state index contributed by atoms with van der Waals surface area (Å²) < 4.78 is 16.0. The molecule has 1 aliphatic rings. The van der Waals surface area contributed by atoms with Crippen LogP contribution in [0.25, 0.3) is 5.69 Å². The first-order valence-electron chi connectivity index (χ1n) is 8.67. The fourth-order valence-electron chi connectivity index (χ4n) is 3.36. The number of nitrogens with one attached hydrogen (secondary N) is 1. The van der Waals surface area contributed by atoms with E-state index >= 15 is 0 Å². The number of nitrogens with zero attached hydrogens (tertiary/aromatic N) is 2. The molecule has 1 N–H and O–H groups in total. The zero-order valence-electron chi connectivity index (χ0n) is 14.1. The largest absolute Gasteiger partial charge is 0.370 e. The van der Waals surface area contributed by atoms with E-state index in [1.807, 2.05) is 10.7 Å². The molecule has 1 aliphatic heterocycles. The number of rotatable bonds is 3. The zero-order chi connectivity index (χ0) is 18.1. The highest BCUT2D eigenvalue weighted by atomic mass is 35.5. The highest BCUT2D eigenvalue weighted by Gasteiger charge is 2.22. The fraction of sp³-hybridized carbons (Fsp3) is 0.250. The first-order chi connectivity index (χ1) is 12.6. The normalized spacial score (nSPS) is 13.8. The minimum Gasteiger partial charge on any atom is -0.370 e. The summed E-state index contributed by atoms with van der Waals surface area (Å²) in [5.74, 6) is 0.719. The standard InChI is InChI=1S/C20H18Cl2FN3/c21-14-8-9-16(22)19(12-14)26-20-15(6-3-4-10-24-20)18(25-26)11-13-5-1-2-7-17(13)23/h1-2,5,7-9,12,24H,3-4,6,10-11H2. The first kappa shape index (κ1) is 17.4. The smallest absolute Gasteiger partial charge is 0.133 e. The van der Waals surface area contributed by atoms with Crippen LogP contribution in [0.3, 0.4) is 0 Å². The van der Waals surface area contributed by atoms with E-state index in [2.05, 4.69) is 5.32 Å². The van der Waals surface area contributed by atoms with Gasteiger partial charge in [-0.15, -0.1) is 0 Å². The molecule has 4 rings (SSSR count). The van der Waals surface area contributed by atoms with Gasteiger partial charge in [0.2, 0.25) is 0 Å². The second-order valence-corrected chi connectivity index (χ2v) is 7.28. The molecule has 3 aromatic rings. The molecule has 2 aromatic carbocycles. The topological polar surface area (TPSA) is 29.9 Å². The number of hydrogen-bond donors (Lipinski definition) is 1. The summed E-state index contributed by atoms with van der Waals surface area (Å²) in [6.45, 7) is 0.871. The van der Waals surface area contributed by atoms with Crippen LogP contribution >= 0.6 is 23.2 Å². The van der Waals surface area contributed by atoms with Crippen LogP contribution in [0.5, 0.6) is 0 Å². The Morgan fingerprint density at radius 2 is 1.96 bits per heavy atom. The van der Waals surface area contributed by atoms with E-state index in [0.29, 0.717) is 22.0 Å². The molecule has 2 heterocycles. The Balaban J connectivity index is 1.84. The Hall–Kier alpha value is -2.04. The predicted molar refractivity (Wildman–Crippen MR) is 104 cm³/mol. The molecule has 0 fully saturated rings. The van der Waals surface area contributed by atoms with Gasteiger partial charge in [0, 0.05) is 23.6 Å². The van der Waals surface area contributed by atoms with E-state index in [-0.39, 0.29) is 5.82 Å². The average Bonchev–Trinajstić information content (AvgIpc) is 2.81. The molecule has 0 aliphatic carbocycles. The number of fused-ring (bicyclic) bond motifs is 1. The molecule has 3 nitrogen and oxygen atoms in total. The van der Waals surface area contributed by atoms with Crippen LogP contribution in [-0.2, 0) is 12.8 Å². The van der Waals surface area contributed by atoms with Gasteiger partial charge >= 0.3 is 0 Å². The summed E-state index contributed by atoms with van der Waals surface area (Å²) in [6.07, 6.45) is 3.50. The predicted octanol–water partition coefficient (Wildman–Crippen LogP) is 5.66. The van der Waals surface area contributed by atoms with Gasteiger partial charge in [0.15, 0.2) is 0 Å². The van der Waals surface area contributed by atoms with Crippen molar-refractivity contribution in [2.75, 3.05) is 11.9 Å². The van der Waals surface area contributed by atoms with Gasteiger partial charge in [-0.05, 0) is 49.1 Å².